The van der Waals surface area contributed by atoms with Gasteiger partial charge in [-0.15, -0.1) is 20.4 Å². The molecule has 13 nitrogen and oxygen atoms in total. The van der Waals surface area contributed by atoms with Crippen LogP contribution in [0.3, 0.4) is 0 Å². The van der Waals surface area contributed by atoms with Crippen LogP contribution in [0, 0.1) is 27.7 Å². The summed E-state index contributed by atoms with van der Waals surface area (Å²) in [6, 6.07) is 0. The van der Waals surface area contributed by atoms with Crippen LogP contribution in [0.4, 0.5) is 0 Å². The van der Waals surface area contributed by atoms with Crippen LogP contribution in [0.15, 0.2) is 0 Å². The molecule has 13 heteroatoms. The first-order valence-corrected chi connectivity index (χ1v) is 10.1. The van der Waals surface area contributed by atoms with Gasteiger partial charge in [0.25, 0.3) is 0 Å². The molecule has 4 aromatic heterocycles. The number of carbonyl (C=O) groups is 1. The van der Waals surface area contributed by atoms with Gasteiger partial charge < -0.3 is 20.2 Å². The smallest absolute Gasteiger partial charge is 0.221 e. The first-order chi connectivity index (χ1) is 15.3. The second-order valence-electron chi connectivity index (χ2n) is 7.44. The number of aliphatic hydroxyl groups excluding tert-OH is 2. The molecule has 0 atom stereocenters. The van der Waals surface area contributed by atoms with Gasteiger partial charge >= 0.3 is 0 Å². The van der Waals surface area contributed by atoms with Crippen molar-refractivity contribution in [1.82, 2.24) is 50.4 Å². The highest BCUT2D eigenvalue weighted by atomic mass is 16.3. The SMILES string of the molecule is Cc1[nH]c(-c2nnn(CCO)n2)c(C)c1C(=O)c1c(C)[nH]c(-c2nnn(CCO)n2)c1C. The summed E-state index contributed by atoms with van der Waals surface area (Å²) >= 11 is 0. The van der Waals surface area contributed by atoms with Crippen LogP contribution in [-0.4, -0.2) is 79.6 Å². The highest BCUT2D eigenvalue weighted by Crippen LogP contribution is 2.31. The normalized spacial score (nSPS) is 11.4. The number of rotatable bonds is 8. The number of nitrogens with zero attached hydrogens (tertiary/aromatic N) is 8. The van der Waals surface area contributed by atoms with Gasteiger partial charge in [0.05, 0.1) is 37.7 Å². The summed E-state index contributed by atoms with van der Waals surface area (Å²) in [5, 5.41) is 42.5. The van der Waals surface area contributed by atoms with Crippen molar-refractivity contribution in [1.29, 1.82) is 0 Å². The maximum Gasteiger partial charge on any atom is 0.221 e. The molecule has 4 rings (SSSR count). The first-order valence-electron chi connectivity index (χ1n) is 10.1. The third-order valence-corrected chi connectivity index (χ3v) is 5.28. The largest absolute Gasteiger partial charge is 0.394 e. The zero-order chi connectivity index (χ0) is 23.0. The molecule has 168 valence electrons. The quantitative estimate of drug-likeness (QED) is 0.277. The number of aromatic nitrogens is 10. The number of aryl methyl sites for hydroxylation is 2. The number of hydrogen-bond acceptors (Lipinski definition) is 9. The van der Waals surface area contributed by atoms with Crippen LogP contribution >= 0.6 is 0 Å². The monoisotopic (exact) mass is 440 g/mol. The Morgan fingerprint density at radius 2 is 1.19 bits per heavy atom. The molecule has 0 saturated heterocycles. The molecule has 0 aromatic carbocycles. The zero-order valence-corrected chi connectivity index (χ0v) is 18.2. The summed E-state index contributed by atoms with van der Waals surface area (Å²) < 4.78 is 0. The Morgan fingerprint density at radius 3 is 1.56 bits per heavy atom. The van der Waals surface area contributed by atoms with Crippen LogP contribution in [0.5, 0.6) is 0 Å². The lowest BCUT2D eigenvalue weighted by molar-refractivity contribution is 0.103. The molecule has 0 aliphatic heterocycles. The fourth-order valence-electron chi connectivity index (χ4n) is 3.81. The Balaban J connectivity index is 1.72. The van der Waals surface area contributed by atoms with E-state index in [0.29, 0.717) is 56.7 Å². The van der Waals surface area contributed by atoms with E-state index in [1.54, 1.807) is 0 Å². The Labute approximate surface area is 182 Å². The van der Waals surface area contributed by atoms with Crippen molar-refractivity contribution in [3.05, 3.63) is 33.6 Å². The van der Waals surface area contributed by atoms with Crippen molar-refractivity contribution >= 4 is 5.78 Å². The van der Waals surface area contributed by atoms with E-state index < -0.39 is 0 Å². The van der Waals surface area contributed by atoms with E-state index in [1.165, 1.54) is 9.59 Å². The molecule has 0 saturated carbocycles. The lowest BCUT2D eigenvalue weighted by Crippen LogP contribution is -2.06. The number of aromatic amines is 2. The molecular weight excluding hydrogens is 416 g/mol. The second-order valence-corrected chi connectivity index (χ2v) is 7.44. The fraction of sp³-hybridized carbons (Fsp3) is 0.421. The van der Waals surface area contributed by atoms with Gasteiger partial charge in [-0.25, -0.2) is 0 Å². The summed E-state index contributed by atoms with van der Waals surface area (Å²) in [6.07, 6.45) is 0. The Bertz CT molecular complexity index is 1180. The Kier molecular flexibility index (Phi) is 5.67. The third-order valence-electron chi connectivity index (χ3n) is 5.28. The number of tetrazole rings is 2. The van der Waals surface area contributed by atoms with Crippen LogP contribution < -0.4 is 0 Å². The fourth-order valence-corrected chi connectivity index (χ4v) is 3.81. The van der Waals surface area contributed by atoms with Crippen molar-refractivity contribution < 1.29 is 15.0 Å². The molecular formula is C19H24N10O3. The van der Waals surface area contributed by atoms with E-state index >= 15 is 0 Å². The van der Waals surface area contributed by atoms with Crippen LogP contribution in [0.1, 0.15) is 38.4 Å². The number of aliphatic hydroxyl groups is 2. The molecule has 4 heterocycles. The van der Waals surface area contributed by atoms with Crippen molar-refractivity contribution in [3.8, 4) is 23.0 Å². The highest BCUT2D eigenvalue weighted by molar-refractivity contribution is 6.13. The van der Waals surface area contributed by atoms with E-state index in [0.717, 1.165) is 0 Å². The molecule has 32 heavy (non-hydrogen) atoms. The van der Waals surface area contributed by atoms with Gasteiger partial charge in [0.2, 0.25) is 11.6 Å². The van der Waals surface area contributed by atoms with Gasteiger partial charge in [-0.3, -0.25) is 4.79 Å². The predicted octanol–water partition coefficient (Wildman–Crippen LogP) is 0.0991. The minimum atomic E-state index is -0.148. The van der Waals surface area contributed by atoms with Crippen LogP contribution in [-0.2, 0) is 13.1 Å². The summed E-state index contributed by atoms with van der Waals surface area (Å²) in [4.78, 5) is 22.6. The molecule has 0 aliphatic carbocycles. The molecule has 0 radical (unpaired) electrons. The number of carbonyl (C=O) groups excluding carboxylic acids is 1. The third kappa shape index (κ3) is 3.61. The predicted molar refractivity (Wildman–Crippen MR) is 112 cm³/mol. The van der Waals surface area contributed by atoms with Gasteiger partial charge in [0, 0.05) is 22.5 Å². The average Bonchev–Trinajstić information content (AvgIpc) is 3.50. The van der Waals surface area contributed by atoms with Gasteiger partial charge in [-0.2, -0.15) is 9.59 Å². The molecule has 4 N–H and O–H groups in total. The van der Waals surface area contributed by atoms with Gasteiger partial charge in [0.15, 0.2) is 5.78 Å². The summed E-state index contributed by atoms with van der Waals surface area (Å²) in [5.41, 5.74) is 5.09. The van der Waals surface area contributed by atoms with Crippen molar-refractivity contribution in [3.63, 3.8) is 0 Å². The average molecular weight is 440 g/mol. The molecule has 0 aliphatic rings. The van der Waals surface area contributed by atoms with Crippen molar-refractivity contribution in [2.45, 2.75) is 40.8 Å². The lowest BCUT2D eigenvalue weighted by atomic mass is 9.96. The van der Waals surface area contributed by atoms with E-state index in [9.17, 15) is 4.79 Å². The first kappa shape index (κ1) is 21.5. The van der Waals surface area contributed by atoms with E-state index in [1.807, 2.05) is 27.7 Å². The van der Waals surface area contributed by atoms with Crippen molar-refractivity contribution in [2.24, 2.45) is 0 Å². The Morgan fingerprint density at radius 1 is 0.781 bits per heavy atom. The van der Waals surface area contributed by atoms with Crippen LogP contribution in [0.25, 0.3) is 23.0 Å². The molecule has 0 spiro atoms. The molecule has 0 unspecified atom stereocenters. The van der Waals surface area contributed by atoms with E-state index in [-0.39, 0.29) is 32.1 Å². The summed E-state index contributed by atoms with van der Waals surface area (Å²) in [6.45, 7) is 7.58. The van der Waals surface area contributed by atoms with E-state index in [2.05, 4.69) is 40.8 Å². The maximum absolute atomic E-state index is 13.6. The number of hydrogen-bond donors (Lipinski definition) is 4. The standard InChI is InChI=1S/C19H24N10O3/c1-9-13(11(3)20-15(9)18-22-26-28(24-18)5-7-30)17(32)14-10(2)16(21-12(14)4)19-23-27-29(25-19)6-8-31/h20-21,30-31H,5-8H2,1-4H3. The number of ketones is 1. The summed E-state index contributed by atoms with van der Waals surface area (Å²) in [5.74, 6) is 0.558. The number of nitrogens with one attached hydrogen (secondary N) is 2. The van der Waals surface area contributed by atoms with Crippen molar-refractivity contribution in [2.75, 3.05) is 13.2 Å². The summed E-state index contributed by atoms with van der Waals surface area (Å²) in [7, 11) is 0. The van der Waals surface area contributed by atoms with Gasteiger partial charge in [-0.05, 0) is 49.2 Å². The second kappa shape index (κ2) is 8.43. The molecule has 4 aromatic rings. The van der Waals surface area contributed by atoms with Crippen LogP contribution in [0.2, 0.25) is 0 Å². The zero-order valence-electron chi connectivity index (χ0n) is 18.2. The minimum Gasteiger partial charge on any atom is -0.394 e. The number of H-pyrrole nitrogens is 2. The lowest BCUT2D eigenvalue weighted by Gasteiger charge is -2.04. The van der Waals surface area contributed by atoms with Gasteiger partial charge in [0.1, 0.15) is 0 Å². The topological polar surface area (TPSA) is 176 Å². The van der Waals surface area contributed by atoms with E-state index in [4.69, 9.17) is 10.2 Å². The molecule has 0 amide bonds. The highest BCUT2D eigenvalue weighted by Gasteiger charge is 2.27. The maximum atomic E-state index is 13.6. The minimum absolute atomic E-state index is 0.0980. The van der Waals surface area contributed by atoms with Gasteiger partial charge in [-0.1, -0.05) is 0 Å². The molecule has 0 bridgehead atoms. The Hall–Kier alpha value is -3.71. The molecule has 0 fully saturated rings.